The zero-order valence-corrected chi connectivity index (χ0v) is 25.0. The van der Waals surface area contributed by atoms with Crippen LogP contribution < -0.4 is 0 Å². The SMILES string of the molecule is Cc1cccc(SC(O)C(=O)OP(OC(=O)C(O)Sc2cccc(C)c2)OC(=O)C(O)Sc2cccc(C)c2)c1. The number of hydrogen-bond donors (Lipinski definition) is 3. The minimum atomic E-state index is -3.09. The Morgan fingerprint density at radius 1 is 0.575 bits per heavy atom. The van der Waals surface area contributed by atoms with Crippen LogP contribution in [0.2, 0.25) is 0 Å². The molecule has 0 fully saturated rings. The summed E-state index contributed by atoms with van der Waals surface area (Å²) in [7, 11) is -3.09. The fourth-order valence-corrected chi connectivity index (χ4v) is 6.51. The lowest BCUT2D eigenvalue weighted by molar-refractivity contribution is -0.148. The van der Waals surface area contributed by atoms with Crippen molar-refractivity contribution in [3.8, 4) is 0 Å². The second-order valence-electron chi connectivity index (χ2n) is 8.31. The van der Waals surface area contributed by atoms with Gasteiger partial charge in [-0.2, -0.15) is 0 Å². The summed E-state index contributed by atoms with van der Waals surface area (Å²) in [6, 6.07) is 21.0. The van der Waals surface area contributed by atoms with Crippen molar-refractivity contribution in [2.75, 3.05) is 0 Å². The van der Waals surface area contributed by atoms with Gasteiger partial charge in [0.15, 0.2) is 0 Å². The summed E-state index contributed by atoms with van der Waals surface area (Å²) >= 11 is 2.30. The zero-order valence-electron chi connectivity index (χ0n) is 21.6. The summed E-state index contributed by atoms with van der Waals surface area (Å²) in [5.41, 5.74) is -2.55. The molecule has 0 aromatic heterocycles. The van der Waals surface area contributed by atoms with Gasteiger partial charge in [0.25, 0.3) is 0 Å². The third-order valence-corrected chi connectivity index (χ3v) is 8.62. The molecule has 3 aromatic rings. The van der Waals surface area contributed by atoms with E-state index in [1.54, 1.807) is 54.6 Å². The molecule has 13 heteroatoms. The number of aliphatic hydroxyl groups excluding tert-OH is 3. The van der Waals surface area contributed by atoms with Crippen LogP contribution >= 0.6 is 43.9 Å². The lowest BCUT2D eigenvalue weighted by Crippen LogP contribution is -2.25. The Morgan fingerprint density at radius 2 is 0.850 bits per heavy atom. The first-order valence-corrected chi connectivity index (χ1v) is 15.4. The highest BCUT2D eigenvalue weighted by Crippen LogP contribution is 2.44. The molecular formula is C27H27O9PS3. The summed E-state index contributed by atoms with van der Waals surface area (Å²) < 4.78 is 15.1. The summed E-state index contributed by atoms with van der Waals surface area (Å²) in [6.07, 6.45) is 0. The lowest BCUT2D eigenvalue weighted by Gasteiger charge is -2.19. The molecule has 40 heavy (non-hydrogen) atoms. The van der Waals surface area contributed by atoms with Crippen molar-refractivity contribution < 1.29 is 43.3 Å². The molecule has 0 radical (unpaired) electrons. The Balaban J connectivity index is 1.69. The van der Waals surface area contributed by atoms with Gasteiger partial charge in [-0.15, -0.1) is 0 Å². The Kier molecular flexibility index (Phi) is 12.3. The van der Waals surface area contributed by atoms with Crippen molar-refractivity contribution >= 4 is 61.8 Å². The van der Waals surface area contributed by atoms with Gasteiger partial charge in [0.05, 0.1) is 0 Å². The second-order valence-corrected chi connectivity index (χ2v) is 12.8. The van der Waals surface area contributed by atoms with Crippen molar-refractivity contribution in [3.63, 3.8) is 0 Å². The number of aliphatic hydroxyl groups is 3. The van der Waals surface area contributed by atoms with Crippen LogP contribution in [0.4, 0.5) is 0 Å². The summed E-state index contributed by atoms with van der Waals surface area (Å²) in [6.45, 7) is 5.52. The van der Waals surface area contributed by atoms with E-state index in [9.17, 15) is 29.7 Å². The molecular weight excluding hydrogens is 595 g/mol. The van der Waals surface area contributed by atoms with Gasteiger partial charge >= 0.3 is 26.5 Å². The number of thioether (sulfide) groups is 3. The average molecular weight is 623 g/mol. The molecule has 0 saturated heterocycles. The Labute approximate surface area is 245 Å². The van der Waals surface area contributed by atoms with E-state index in [1.807, 2.05) is 39.0 Å². The molecule has 0 amide bonds. The number of aryl methyl sites for hydroxylation is 3. The number of hydrogen-bond acceptors (Lipinski definition) is 12. The fraction of sp³-hybridized carbons (Fsp3) is 0.222. The van der Waals surface area contributed by atoms with Gasteiger partial charge in [0.2, 0.25) is 16.3 Å². The second kappa shape index (κ2) is 15.4. The molecule has 3 unspecified atom stereocenters. The third-order valence-electron chi connectivity index (χ3n) is 4.81. The quantitative estimate of drug-likeness (QED) is 0.141. The topological polar surface area (TPSA) is 140 Å². The van der Waals surface area contributed by atoms with Crippen LogP contribution in [0.5, 0.6) is 0 Å². The summed E-state index contributed by atoms with van der Waals surface area (Å²) in [4.78, 5) is 39.5. The van der Waals surface area contributed by atoms with E-state index in [-0.39, 0.29) is 0 Å². The molecule has 3 atom stereocenters. The normalized spacial score (nSPS) is 13.9. The van der Waals surface area contributed by atoms with Crippen molar-refractivity contribution in [2.24, 2.45) is 0 Å². The first-order valence-electron chi connectivity index (χ1n) is 11.7. The van der Waals surface area contributed by atoms with Gasteiger partial charge in [-0.25, -0.2) is 14.4 Å². The van der Waals surface area contributed by atoms with Gasteiger partial charge in [0, 0.05) is 14.7 Å². The molecule has 0 spiro atoms. The van der Waals surface area contributed by atoms with Crippen LogP contribution in [0.25, 0.3) is 0 Å². The van der Waals surface area contributed by atoms with Gasteiger partial charge in [0.1, 0.15) is 0 Å². The molecule has 0 heterocycles. The number of rotatable bonds is 12. The van der Waals surface area contributed by atoms with Crippen molar-refractivity contribution in [3.05, 3.63) is 89.5 Å². The van der Waals surface area contributed by atoms with E-state index in [0.29, 0.717) is 14.7 Å². The van der Waals surface area contributed by atoms with Crippen LogP contribution in [-0.4, -0.2) is 49.5 Å². The first kappa shape index (κ1) is 32.0. The van der Waals surface area contributed by atoms with Crippen LogP contribution in [0.3, 0.4) is 0 Å². The third kappa shape index (κ3) is 10.4. The number of carbonyl (C=O) groups is 3. The first-order chi connectivity index (χ1) is 19.0. The average Bonchev–Trinajstić information content (AvgIpc) is 2.88. The highest BCUT2D eigenvalue weighted by atomic mass is 32.2. The maximum Gasteiger partial charge on any atom is 0.537 e. The molecule has 3 N–H and O–H groups in total. The maximum atomic E-state index is 12.6. The van der Waals surface area contributed by atoms with Gasteiger partial charge < -0.3 is 28.9 Å². The molecule has 3 aromatic carbocycles. The molecule has 0 aliphatic carbocycles. The molecule has 3 rings (SSSR count). The van der Waals surface area contributed by atoms with Crippen molar-refractivity contribution in [1.29, 1.82) is 0 Å². The highest BCUT2D eigenvalue weighted by Gasteiger charge is 2.35. The predicted molar refractivity (Wildman–Crippen MR) is 154 cm³/mol. The van der Waals surface area contributed by atoms with Crippen LogP contribution in [0.15, 0.2) is 87.5 Å². The molecule has 212 valence electrons. The Bertz CT molecular complexity index is 1180. The van der Waals surface area contributed by atoms with Crippen LogP contribution in [-0.2, 0) is 28.0 Å². The van der Waals surface area contributed by atoms with E-state index in [2.05, 4.69) is 0 Å². The molecule has 9 nitrogen and oxygen atoms in total. The van der Waals surface area contributed by atoms with E-state index in [1.165, 1.54) is 0 Å². The Hall–Kier alpha value is -2.57. The minimum absolute atomic E-state index is 0.567. The van der Waals surface area contributed by atoms with E-state index in [0.717, 1.165) is 52.0 Å². The van der Waals surface area contributed by atoms with E-state index < -0.39 is 42.8 Å². The minimum Gasteiger partial charge on any atom is -0.372 e. The molecule has 0 aliphatic rings. The standard InChI is InChI=1S/C27H27O9PS3/c1-16-7-4-10-19(13-16)38-25(31)22(28)34-37(35-23(29)26(32)39-20-11-5-8-17(2)14-20)36-24(30)27(33)40-21-12-6-9-18(3)15-21/h4-15,25-27,31-33H,1-3H3. The van der Waals surface area contributed by atoms with Crippen molar-refractivity contribution in [2.45, 2.75) is 51.8 Å². The fourth-order valence-electron chi connectivity index (χ4n) is 3.01. The van der Waals surface area contributed by atoms with Gasteiger partial charge in [-0.3, -0.25) is 0 Å². The van der Waals surface area contributed by atoms with E-state index in [4.69, 9.17) is 13.6 Å². The van der Waals surface area contributed by atoms with Crippen LogP contribution in [0.1, 0.15) is 16.7 Å². The number of carbonyl (C=O) groups excluding carboxylic acids is 3. The van der Waals surface area contributed by atoms with Gasteiger partial charge in [-0.05, 0) is 57.2 Å². The van der Waals surface area contributed by atoms with Gasteiger partial charge in [-0.1, -0.05) is 88.4 Å². The lowest BCUT2D eigenvalue weighted by atomic mass is 10.2. The Morgan fingerprint density at radius 3 is 1.10 bits per heavy atom. The monoisotopic (exact) mass is 622 g/mol. The highest BCUT2D eigenvalue weighted by molar-refractivity contribution is 8.01. The maximum absolute atomic E-state index is 12.6. The molecule has 0 aliphatic heterocycles. The largest absolute Gasteiger partial charge is 0.537 e. The van der Waals surface area contributed by atoms with Crippen molar-refractivity contribution in [1.82, 2.24) is 0 Å². The van der Waals surface area contributed by atoms with E-state index >= 15 is 0 Å². The summed E-state index contributed by atoms with van der Waals surface area (Å²) in [5.74, 6) is -3.75. The summed E-state index contributed by atoms with van der Waals surface area (Å²) in [5, 5.41) is 31.1. The smallest absolute Gasteiger partial charge is 0.372 e. The molecule has 0 saturated carbocycles. The number of benzene rings is 3. The predicted octanol–water partition coefficient (Wildman–Crippen LogP) is 5.10. The zero-order chi connectivity index (χ0) is 29.2. The van der Waals surface area contributed by atoms with Crippen LogP contribution in [0, 0.1) is 20.8 Å². The molecule has 0 bridgehead atoms.